The molecule has 0 atom stereocenters. The monoisotopic (exact) mass is 306 g/mol. The van der Waals surface area contributed by atoms with E-state index < -0.39 is 5.97 Å². The van der Waals surface area contributed by atoms with Crippen LogP contribution < -0.4 is 10.1 Å². The van der Waals surface area contributed by atoms with Gasteiger partial charge in [0, 0.05) is 11.4 Å². The lowest BCUT2D eigenvalue weighted by molar-refractivity contribution is 0.0594. The normalized spacial score (nSPS) is 10.2. The molecule has 5 nitrogen and oxygen atoms in total. The molecular formula is C15H18N2O3S. The highest BCUT2D eigenvalue weighted by molar-refractivity contribution is 7.15. The number of anilines is 1. The number of aryl methyl sites for hydroxylation is 1. The van der Waals surface area contributed by atoms with E-state index in [4.69, 9.17) is 4.74 Å². The summed E-state index contributed by atoms with van der Waals surface area (Å²) in [6.45, 7) is 3.22. The number of carbonyl (C=O) groups is 1. The fourth-order valence-electron chi connectivity index (χ4n) is 1.73. The van der Waals surface area contributed by atoms with Gasteiger partial charge in [0.15, 0.2) is 10.8 Å². The van der Waals surface area contributed by atoms with Crippen molar-refractivity contribution in [2.24, 2.45) is 0 Å². The number of methoxy groups -OCH3 is 1. The van der Waals surface area contributed by atoms with Crippen LogP contribution in [0, 0.1) is 6.92 Å². The minimum absolute atomic E-state index is 0.380. The number of carbonyl (C=O) groups excluding carboxylic acids is 1. The summed E-state index contributed by atoms with van der Waals surface area (Å²) in [6, 6.07) is 9.71. The van der Waals surface area contributed by atoms with Gasteiger partial charge in [-0.25, -0.2) is 9.78 Å². The van der Waals surface area contributed by atoms with Crippen LogP contribution in [-0.4, -0.2) is 31.2 Å². The average Bonchev–Trinajstić information content (AvgIpc) is 2.88. The molecule has 0 spiro atoms. The Morgan fingerprint density at radius 3 is 2.81 bits per heavy atom. The van der Waals surface area contributed by atoms with Crippen molar-refractivity contribution in [2.45, 2.75) is 13.3 Å². The van der Waals surface area contributed by atoms with Crippen LogP contribution in [0.4, 0.5) is 5.13 Å². The molecule has 0 aliphatic heterocycles. The van der Waals surface area contributed by atoms with Gasteiger partial charge in [-0.05, 0) is 25.5 Å². The fraction of sp³-hybridized carbons (Fsp3) is 0.333. The SMILES string of the molecule is COC(=O)c1nc(NCCCOc2ccccc2)sc1C. The second-order valence-corrected chi connectivity index (χ2v) is 5.56. The number of aromatic nitrogens is 1. The van der Waals surface area contributed by atoms with E-state index in [9.17, 15) is 4.79 Å². The van der Waals surface area contributed by atoms with Gasteiger partial charge in [-0.15, -0.1) is 11.3 Å². The van der Waals surface area contributed by atoms with E-state index in [0.29, 0.717) is 12.3 Å². The first-order valence-electron chi connectivity index (χ1n) is 6.68. The molecule has 1 N–H and O–H groups in total. The van der Waals surface area contributed by atoms with Crippen molar-refractivity contribution in [2.75, 3.05) is 25.6 Å². The van der Waals surface area contributed by atoms with Crippen LogP contribution in [0.25, 0.3) is 0 Å². The van der Waals surface area contributed by atoms with Crippen LogP contribution in [0.3, 0.4) is 0 Å². The van der Waals surface area contributed by atoms with Gasteiger partial charge >= 0.3 is 5.97 Å². The summed E-state index contributed by atoms with van der Waals surface area (Å²) < 4.78 is 10.3. The molecule has 1 aromatic carbocycles. The van der Waals surface area contributed by atoms with E-state index >= 15 is 0 Å². The number of hydrogen-bond donors (Lipinski definition) is 1. The molecule has 6 heteroatoms. The molecule has 112 valence electrons. The number of hydrogen-bond acceptors (Lipinski definition) is 6. The molecule has 0 amide bonds. The van der Waals surface area contributed by atoms with Gasteiger partial charge in [-0.2, -0.15) is 0 Å². The maximum absolute atomic E-state index is 11.5. The molecular weight excluding hydrogens is 288 g/mol. The van der Waals surface area contributed by atoms with Crippen LogP contribution in [0.5, 0.6) is 5.75 Å². The van der Waals surface area contributed by atoms with Gasteiger partial charge in [-0.1, -0.05) is 18.2 Å². The van der Waals surface area contributed by atoms with Crippen LogP contribution in [0.15, 0.2) is 30.3 Å². The maximum Gasteiger partial charge on any atom is 0.357 e. The van der Waals surface area contributed by atoms with Gasteiger partial charge < -0.3 is 14.8 Å². The Bertz CT molecular complexity index is 584. The van der Waals surface area contributed by atoms with Gasteiger partial charge in [0.25, 0.3) is 0 Å². The Balaban J connectivity index is 1.73. The molecule has 0 fully saturated rings. The van der Waals surface area contributed by atoms with E-state index in [1.165, 1.54) is 18.4 Å². The number of rotatable bonds is 7. The number of thiazole rings is 1. The first kappa shape index (κ1) is 15.3. The highest BCUT2D eigenvalue weighted by Gasteiger charge is 2.15. The zero-order chi connectivity index (χ0) is 15.1. The van der Waals surface area contributed by atoms with Crippen molar-refractivity contribution >= 4 is 22.4 Å². The van der Waals surface area contributed by atoms with Crippen molar-refractivity contribution < 1.29 is 14.3 Å². The molecule has 21 heavy (non-hydrogen) atoms. The first-order valence-corrected chi connectivity index (χ1v) is 7.50. The van der Waals surface area contributed by atoms with Crippen molar-refractivity contribution in [3.8, 4) is 5.75 Å². The molecule has 0 bridgehead atoms. The van der Waals surface area contributed by atoms with E-state index in [2.05, 4.69) is 15.0 Å². The molecule has 2 aromatic rings. The minimum Gasteiger partial charge on any atom is -0.494 e. The van der Waals surface area contributed by atoms with Gasteiger partial charge in [0.05, 0.1) is 13.7 Å². The number of ether oxygens (including phenoxy) is 2. The second kappa shape index (κ2) is 7.64. The van der Waals surface area contributed by atoms with Crippen molar-refractivity contribution in [1.29, 1.82) is 0 Å². The summed E-state index contributed by atoms with van der Waals surface area (Å²) in [4.78, 5) is 16.5. The molecule has 1 heterocycles. The molecule has 0 radical (unpaired) electrons. The lowest BCUT2D eigenvalue weighted by atomic mass is 10.3. The van der Waals surface area contributed by atoms with Gasteiger partial charge in [0.2, 0.25) is 0 Å². The molecule has 0 aliphatic rings. The Hall–Kier alpha value is -2.08. The largest absolute Gasteiger partial charge is 0.494 e. The average molecular weight is 306 g/mol. The third-order valence-corrected chi connectivity index (χ3v) is 3.71. The lowest BCUT2D eigenvalue weighted by Crippen LogP contribution is -2.08. The number of benzene rings is 1. The Labute approximate surface area is 127 Å². The second-order valence-electron chi connectivity index (χ2n) is 4.36. The molecule has 0 unspecified atom stereocenters. The molecule has 2 rings (SSSR count). The fourth-order valence-corrected chi connectivity index (χ4v) is 2.56. The van der Waals surface area contributed by atoms with E-state index in [1.54, 1.807) is 0 Å². The van der Waals surface area contributed by atoms with Gasteiger partial charge in [-0.3, -0.25) is 0 Å². The summed E-state index contributed by atoms with van der Waals surface area (Å²) in [5, 5.41) is 3.92. The topological polar surface area (TPSA) is 60.5 Å². The number of esters is 1. The quantitative estimate of drug-likeness (QED) is 0.629. The van der Waals surface area contributed by atoms with Crippen LogP contribution in [0.2, 0.25) is 0 Å². The zero-order valence-electron chi connectivity index (χ0n) is 12.1. The van der Waals surface area contributed by atoms with Crippen molar-refractivity contribution in [3.63, 3.8) is 0 Å². The summed E-state index contributed by atoms with van der Waals surface area (Å²) >= 11 is 1.45. The summed E-state index contributed by atoms with van der Waals surface area (Å²) in [7, 11) is 1.36. The maximum atomic E-state index is 11.5. The molecule has 1 aromatic heterocycles. The number of nitrogens with zero attached hydrogens (tertiary/aromatic N) is 1. The predicted octanol–water partition coefficient (Wildman–Crippen LogP) is 3.12. The van der Waals surface area contributed by atoms with Crippen molar-refractivity contribution in [3.05, 3.63) is 40.9 Å². The zero-order valence-corrected chi connectivity index (χ0v) is 12.9. The van der Waals surface area contributed by atoms with E-state index in [0.717, 1.165) is 28.7 Å². The van der Waals surface area contributed by atoms with Crippen LogP contribution >= 0.6 is 11.3 Å². The van der Waals surface area contributed by atoms with Crippen LogP contribution in [-0.2, 0) is 4.74 Å². The lowest BCUT2D eigenvalue weighted by Gasteiger charge is -2.06. The highest BCUT2D eigenvalue weighted by Crippen LogP contribution is 2.22. The highest BCUT2D eigenvalue weighted by atomic mass is 32.1. The smallest absolute Gasteiger partial charge is 0.357 e. The molecule has 0 saturated heterocycles. The molecule has 0 aliphatic carbocycles. The summed E-state index contributed by atoms with van der Waals surface area (Å²) in [5.74, 6) is 0.472. The summed E-state index contributed by atoms with van der Waals surface area (Å²) in [5.41, 5.74) is 0.380. The Kier molecular flexibility index (Phi) is 5.57. The third-order valence-electron chi connectivity index (χ3n) is 2.78. The van der Waals surface area contributed by atoms with Crippen LogP contribution in [0.1, 0.15) is 21.8 Å². The first-order chi connectivity index (χ1) is 10.2. The van der Waals surface area contributed by atoms with Crippen molar-refractivity contribution in [1.82, 2.24) is 4.98 Å². The van der Waals surface area contributed by atoms with Gasteiger partial charge in [0.1, 0.15) is 5.75 Å². The summed E-state index contributed by atoms with van der Waals surface area (Å²) in [6.07, 6.45) is 0.848. The molecule has 0 saturated carbocycles. The number of para-hydroxylation sites is 1. The Morgan fingerprint density at radius 1 is 1.33 bits per heavy atom. The predicted molar refractivity (Wildman–Crippen MR) is 83.2 cm³/mol. The van der Waals surface area contributed by atoms with E-state index in [-0.39, 0.29) is 0 Å². The van der Waals surface area contributed by atoms with E-state index in [1.807, 2.05) is 37.3 Å². The minimum atomic E-state index is -0.399. The Morgan fingerprint density at radius 2 is 2.10 bits per heavy atom. The third kappa shape index (κ3) is 4.46. The number of nitrogens with one attached hydrogen (secondary N) is 1. The standard InChI is InChI=1S/C15H18N2O3S/c1-11-13(14(18)19-2)17-15(21-11)16-9-6-10-20-12-7-4-3-5-8-12/h3-5,7-8H,6,9-10H2,1-2H3,(H,16,17).